The van der Waals surface area contributed by atoms with Gasteiger partial charge in [0.2, 0.25) is 4.05 Å². The minimum absolute atomic E-state index is 0. The third-order valence-corrected chi connectivity index (χ3v) is 5.14. The van der Waals surface area contributed by atoms with Crippen LogP contribution in [-0.2, 0) is 6.42 Å². The topological polar surface area (TPSA) is 0 Å². The zero-order valence-electron chi connectivity index (χ0n) is 9.91. The summed E-state index contributed by atoms with van der Waals surface area (Å²) in [6.45, 7) is 0. The molecule has 0 bridgehead atoms. The van der Waals surface area contributed by atoms with Crippen LogP contribution in [0.1, 0.15) is 5.56 Å². The van der Waals surface area contributed by atoms with Gasteiger partial charge in [-0.3, -0.25) is 4.48 Å². The Morgan fingerprint density at radius 2 is 1.88 bits per heavy atom. The number of quaternary nitrogens is 1. The van der Waals surface area contributed by atoms with Crippen molar-refractivity contribution < 1.29 is 16.9 Å². The Hall–Kier alpha value is 0.0500. The van der Waals surface area contributed by atoms with E-state index in [0.717, 1.165) is 6.42 Å². The number of nitrogens with zero attached hydrogens (tertiary/aromatic N) is 1. The standard InChI is InChI=1S/C13H16ClIN.ClH/c1-4-13(15)16(2,3)12(14)10-11-8-6-5-7-9-11;/h1,5-9,12-13H,10H2,2-3H3;1H/q+1;/p-1. The van der Waals surface area contributed by atoms with Crippen LogP contribution >= 0.6 is 34.2 Å². The summed E-state index contributed by atoms with van der Waals surface area (Å²) < 4.78 is 0.705. The van der Waals surface area contributed by atoms with Gasteiger partial charge in [-0.1, -0.05) is 41.9 Å². The van der Waals surface area contributed by atoms with Crippen molar-refractivity contribution in [2.75, 3.05) is 14.1 Å². The van der Waals surface area contributed by atoms with Crippen LogP contribution in [0.5, 0.6) is 0 Å². The summed E-state index contributed by atoms with van der Waals surface area (Å²) in [7, 11) is 4.13. The van der Waals surface area contributed by atoms with Crippen LogP contribution in [0.15, 0.2) is 30.3 Å². The lowest BCUT2D eigenvalue weighted by atomic mass is 10.1. The van der Waals surface area contributed by atoms with E-state index in [1.807, 2.05) is 18.2 Å². The van der Waals surface area contributed by atoms with Gasteiger partial charge in [-0.2, -0.15) is 0 Å². The molecule has 1 aromatic carbocycles. The van der Waals surface area contributed by atoms with E-state index in [9.17, 15) is 0 Å². The second-order valence-electron chi connectivity index (χ2n) is 4.26. The Labute approximate surface area is 129 Å². The number of benzene rings is 1. The highest BCUT2D eigenvalue weighted by Crippen LogP contribution is 2.23. The molecule has 0 aliphatic carbocycles. The predicted octanol–water partition coefficient (Wildman–Crippen LogP) is 0.269. The number of likely N-dealkylation sites (N-methyl/N-ethyl adjacent to an activating group) is 1. The summed E-state index contributed by atoms with van der Waals surface area (Å²) in [6, 6.07) is 10.2. The summed E-state index contributed by atoms with van der Waals surface area (Å²) in [5.74, 6) is 2.75. The van der Waals surface area contributed by atoms with E-state index < -0.39 is 0 Å². The van der Waals surface area contributed by atoms with Gasteiger partial charge in [-0.25, -0.2) is 0 Å². The van der Waals surface area contributed by atoms with E-state index in [2.05, 4.69) is 54.7 Å². The van der Waals surface area contributed by atoms with Crippen molar-refractivity contribution in [3.63, 3.8) is 0 Å². The molecule has 0 aromatic heterocycles. The number of terminal acetylenes is 1. The van der Waals surface area contributed by atoms with Gasteiger partial charge in [0.15, 0.2) is 5.50 Å². The molecule has 2 atom stereocenters. The molecule has 0 heterocycles. The van der Waals surface area contributed by atoms with Gasteiger partial charge in [0, 0.05) is 29.0 Å². The molecule has 0 saturated heterocycles. The van der Waals surface area contributed by atoms with Crippen molar-refractivity contribution in [3.05, 3.63) is 35.9 Å². The smallest absolute Gasteiger partial charge is 0.201 e. The summed E-state index contributed by atoms with van der Waals surface area (Å²) in [5.41, 5.74) is 1.23. The van der Waals surface area contributed by atoms with Crippen molar-refractivity contribution in [2.45, 2.75) is 16.0 Å². The molecule has 0 amide bonds. The van der Waals surface area contributed by atoms with E-state index >= 15 is 0 Å². The molecule has 0 saturated carbocycles. The van der Waals surface area contributed by atoms with Gasteiger partial charge in [-0.05, 0) is 11.5 Å². The van der Waals surface area contributed by atoms with E-state index in [1.54, 1.807) is 0 Å². The molecule has 1 aromatic rings. The lowest BCUT2D eigenvalue weighted by Crippen LogP contribution is -3.00. The van der Waals surface area contributed by atoms with Gasteiger partial charge in [0.1, 0.15) is 0 Å². The Morgan fingerprint density at radius 1 is 1.35 bits per heavy atom. The van der Waals surface area contributed by atoms with Crippen LogP contribution < -0.4 is 12.4 Å². The molecular weight excluding hydrogens is 368 g/mol. The van der Waals surface area contributed by atoms with Crippen LogP contribution in [0.3, 0.4) is 0 Å². The van der Waals surface area contributed by atoms with Gasteiger partial charge < -0.3 is 12.4 Å². The number of hydrogen-bond acceptors (Lipinski definition) is 0. The lowest BCUT2D eigenvalue weighted by molar-refractivity contribution is -0.900. The minimum Gasteiger partial charge on any atom is -1.00 e. The molecule has 17 heavy (non-hydrogen) atoms. The zero-order valence-corrected chi connectivity index (χ0v) is 13.6. The maximum atomic E-state index is 6.45. The number of hydrogen-bond donors (Lipinski definition) is 0. The van der Waals surface area contributed by atoms with Crippen molar-refractivity contribution in [1.82, 2.24) is 0 Å². The predicted molar refractivity (Wildman–Crippen MR) is 78.5 cm³/mol. The third-order valence-electron chi connectivity index (χ3n) is 2.69. The largest absolute Gasteiger partial charge is 1.00 e. The zero-order chi connectivity index (χ0) is 12.2. The average Bonchev–Trinajstić information content (AvgIpc) is 2.29. The maximum absolute atomic E-state index is 6.45. The molecule has 2 unspecified atom stereocenters. The maximum Gasteiger partial charge on any atom is 0.201 e. The highest BCUT2D eigenvalue weighted by atomic mass is 127. The first kappa shape index (κ1) is 17.1. The Kier molecular flexibility index (Phi) is 7.50. The molecular formula is C13H16Cl2IN. The molecule has 0 N–H and O–H groups in total. The fraction of sp³-hybridized carbons (Fsp3) is 0.385. The van der Waals surface area contributed by atoms with Crippen LogP contribution in [0, 0.1) is 12.3 Å². The highest BCUT2D eigenvalue weighted by molar-refractivity contribution is 14.1. The number of alkyl halides is 2. The van der Waals surface area contributed by atoms with Crippen molar-refractivity contribution in [3.8, 4) is 12.3 Å². The van der Waals surface area contributed by atoms with Gasteiger partial charge >= 0.3 is 0 Å². The van der Waals surface area contributed by atoms with Crippen LogP contribution in [0.2, 0.25) is 0 Å². The summed E-state index contributed by atoms with van der Waals surface area (Å²) in [6.07, 6.45) is 6.29. The molecule has 0 aliphatic heterocycles. The minimum atomic E-state index is -0.0136. The second kappa shape index (κ2) is 7.48. The summed E-state index contributed by atoms with van der Waals surface area (Å²) in [4.78, 5) is 0. The van der Waals surface area contributed by atoms with Gasteiger partial charge in [0.25, 0.3) is 0 Å². The number of rotatable bonds is 4. The number of halogens is 3. The lowest BCUT2D eigenvalue weighted by Gasteiger charge is -2.36. The fourth-order valence-corrected chi connectivity index (χ4v) is 2.25. The molecule has 94 valence electrons. The first-order valence-electron chi connectivity index (χ1n) is 5.10. The van der Waals surface area contributed by atoms with Crippen LogP contribution in [0.25, 0.3) is 0 Å². The Morgan fingerprint density at radius 3 is 2.35 bits per heavy atom. The highest BCUT2D eigenvalue weighted by Gasteiger charge is 2.32. The first-order chi connectivity index (χ1) is 7.48. The van der Waals surface area contributed by atoms with E-state index in [0.29, 0.717) is 4.48 Å². The Bertz CT molecular complexity index is 373. The second-order valence-corrected chi connectivity index (χ2v) is 5.94. The van der Waals surface area contributed by atoms with Gasteiger partial charge in [0.05, 0.1) is 14.1 Å². The summed E-state index contributed by atoms with van der Waals surface area (Å²) in [5, 5.41) is 0. The third kappa shape index (κ3) is 4.67. The van der Waals surface area contributed by atoms with Crippen molar-refractivity contribution >= 4 is 34.2 Å². The summed E-state index contributed by atoms with van der Waals surface area (Å²) >= 11 is 8.71. The van der Waals surface area contributed by atoms with Crippen LogP contribution in [0.4, 0.5) is 0 Å². The van der Waals surface area contributed by atoms with E-state index in [4.69, 9.17) is 18.0 Å². The fourth-order valence-electron chi connectivity index (χ4n) is 1.38. The van der Waals surface area contributed by atoms with E-state index in [-0.39, 0.29) is 22.0 Å². The van der Waals surface area contributed by atoms with Crippen molar-refractivity contribution in [2.24, 2.45) is 0 Å². The van der Waals surface area contributed by atoms with Crippen molar-refractivity contribution in [1.29, 1.82) is 0 Å². The van der Waals surface area contributed by atoms with Gasteiger partial charge in [-0.15, -0.1) is 6.42 Å². The quantitative estimate of drug-likeness (QED) is 0.230. The SMILES string of the molecule is C#CC(I)[N+](C)(C)C(Cl)Cc1ccccc1.[Cl-]. The molecule has 1 nitrogen and oxygen atoms in total. The first-order valence-corrected chi connectivity index (χ1v) is 6.78. The van der Waals surface area contributed by atoms with E-state index in [1.165, 1.54) is 5.56 Å². The molecule has 1 rings (SSSR count). The molecule has 0 fully saturated rings. The molecule has 0 aliphatic rings. The molecule has 0 radical (unpaired) electrons. The van der Waals surface area contributed by atoms with Crippen LogP contribution in [-0.4, -0.2) is 28.1 Å². The average molecular weight is 384 g/mol. The normalized spacial score (nSPS) is 14.3. The molecule has 4 heteroatoms. The molecule has 0 spiro atoms. The Balaban J connectivity index is 0.00000256. The monoisotopic (exact) mass is 383 g/mol.